The summed E-state index contributed by atoms with van der Waals surface area (Å²) in [6.45, 7) is 5.84. The number of hydrogen-bond acceptors (Lipinski definition) is 3. The summed E-state index contributed by atoms with van der Waals surface area (Å²) in [4.78, 5) is 14.3. The summed E-state index contributed by atoms with van der Waals surface area (Å²) in [5.41, 5.74) is 2.80. The molecule has 0 radical (unpaired) electrons. The van der Waals surface area contributed by atoms with Crippen LogP contribution in [-0.2, 0) is 4.79 Å². The fraction of sp³-hybridized carbons (Fsp3) is 0.625. The predicted octanol–water partition coefficient (Wildman–Crippen LogP) is 3.98. The Morgan fingerprint density at radius 3 is 2.50 bits per heavy atom. The number of nitrogens with zero attached hydrogens (tertiary/aromatic N) is 1. The number of carbonyl (C=O) groups is 1. The molecule has 4 nitrogen and oxygen atoms in total. The van der Waals surface area contributed by atoms with Crippen LogP contribution in [0.25, 0.3) is 6.08 Å². The van der Waals surface area contributed by atoms with Crippen LogP contribution in [0.2, 0.25) is 0 Å². The van der Waals surface area contributed by atoms with Crippen molar-refractivity contribution < 1.29 is 4.79 Å². The summed E-state index contributed by atoms with van der Waals surface area (Å²) in [5.74, 6) is 0.206. The van der Waals surface area contributed by atoms with E-state index in [1.807, 2.05) is 0 Å². The smallest absolute Gasteiger partial charge is 0.234 e. The summed E-state index contributed by atoms with van der Waals surface area (Å²) in [7, 11) is 0. The highest BCUT2D eigenvalue weighted by atomic mass is 16.2. The van der Waals surface area contributed by atoms with Gasteiger partial charge < -0.3 is 10.6 Å². The van der Waals surface area contributed by atoms with Crippen LogP contribution >= 0.6 is 0 Å². The molecule has 28 heavy (non-hydrogen) atoms. The summed E-state index contributed by atoms with van der Waals surface area (Å²) in [6, 6.07) is 11.7. The Bertz CT molecular complexity index is 616. The van der Waals surface area contributed by atoms with Crippen molar-refractivity contribution in [1.82, 2.24) is 15.5 Å². The van der Waals surface area contributed by atoms with E-state index in [0.717, 1.165) is 45.3 Å². The van der Waals surface area contributed by atoms with Gasteiger partial charge in [-0.25, -0.2) is 0 Å². The Morgan fingerprint density at radius 1 is 1.07 bits per heavy atom. The molecule has 1 amide bonds. The van der Waals surface area contributed by atoms with Gasteiger partial charge in [-0.2, -0.15) is 0 Å². The van der Waals surface area contributed by atoms with Crippen molar-refractivity contribution in [2.45, 2.75) is 70.4 Å². The molecule has 1 saturated heterocycles. The largest absolute Gasteiger partial charge is 0.352 e. The third-order valence-corrected chi connectivity index (χ3v) is 5.79. The Kier molecular flexibility index (Phi) is 8.56. The average Bonchev–Trinajstić information content (AvgIpc) is 3.52. The molecule has 0 atom stereocenters. The molecule has 0 bridgehead atoms. The maximum atomic E-state index is 12.0. The molecule has 0 spiro atoms. The molecule has 1 heterocycles. The number of likely N-dealkylation sites (tertiary alicyclic amines) is 1. The van der Waals surface area contributed by atoms with E-state index >= 15 is 0 Å². The number of carbonyl (C=O) groups excluding carboxylic acids is 1. The lowest BCUT2D eigenvalue weighted by Crippen LogP contribution is -2.46. The second kappa shape index (κ2) is 11.4. The van der Waals surface area contributed by atoms with Crippen LogP contribution in [0.4, 0.5) is 0 Å². The van der Waals surface area contributed by atoms with Crippen LogP contribution in [0.15, 0.2) is 35.9 Å². The average molecular weight is 384 g/mol. The number of unbranched alkanes of at least 4 members (excludes halogenated alkanes) is 2. The molecule has 4 heteroatoms. The van der Waals surface area contributed by atoms with Gasteiger partial charge in [0.25, 0.3) is 0 Å². The number of amides is 1. The minimum absolute atomic E-state index is 0.206. The third-order valence-electron chi connectivity index (χ3n) is 5.79. The monoisotopic (exact) mass is 383 g/mol. The summed E-state index contributed by atoms with van der Waals surface area (Å²) >= 11 is 0. The Morgan fingerprint density at radius 2 is 1.82 bits per heavy atom. The van der Waals surface area contributed by atoms with Gasteiger partial charge in [-0.3, -0.25) is 9.69 Å². The summed E-state index contributed by atoms with van der Waals surface area (Å²) < 4.78 is 0. The molecular weight excluding hydrogens is 346 g/mol. The predicted molar refractivity (Wildman–Crippen MR) is 117 cm³/mol. The Hall–Kier alpha value is -1.65. The van der Waals surface area contributed by atoms with Gasteiger partial charge in [0.15, 0.2) is 0 Å². The van der Waals surface area contributed by atoms with E-state index in [4.69, 9.17) is 0 Å². The van der Waals surface area contributed by atoms with Crippen LogP contribution < -0.4 is 10.6 Å². The van der Waals surface area contributed by atoms with Crippen molar-refractivity contribution in [2.75, 3.05) is 26.2 Å². The van der Waals surface area contributed by atoms with Gasteiger partial charge in [-0.15, -0.1) is 0 Å². The lowest BCUT2D eigenvalue weighted by molar-refractivity contribution is -0.122. The topological polar surface area (TPSA) is 44.4 Å². The van der Waals surface area contributed by atoms with Gasteiger partial charge in [0.05, 0.1) is 6.54 Å². The zero-order valence-electron chi connectivity index (χ0n) is 17.5. The Balaban J connectivity index is 1.41. The minimum atomic E-state index is 0.206. The summed E-state index contributed by atoms with van der Waals surface area (Å²) in [5, 5.41) is 6.89. The first-order valence-corrected chi connectivity index (χ1v) is 11.2. The highest BCUT2D eigenvalue weighted by Crippen LogP contribution is 2.19. The Labute approximate surface area is 170 Å². The van der Waals surface area contributed by atoms with E-state index in [-0.39, 0.29) is 5.91 Å². The fourth-order valence-electron chi connectivity index (χ4n) is 3.87. The molecule has 0 unspecified atom stereocenters. The third kappa shape index (κ3) is 7.76. The van der Waals surface area contributed by atoms with E-state index < -0.39 is 0 Å². The maximum Gasteiger partial charge on any atom is 0.234 e. The first kappa shape index (κ1) is 21.1. The van der Waals surface area contributed by atoms with E-state index in [9.17, 15) is 4.79 Å². The molecule has 1 aliphatic carbocycles. The molecule has 1 aromatic rings. The zero-order chi connectivity index (χ0) is 19.6. The molecule has 1 saturated carbocycles. The summed E-state index contributed by atoms with van der Waals surface area (Å²) in [6.07, 6.45) is 12.0. The number of benzene rings is 1. The van der Waals surface area contributed by atoms with Gasteiger partial charge in [-0.05, 0) is 44.1 Å². The van der Waals surface area contributed by atoms with Crippen LogP contribution in [0.5, 0.6) is 0 Å². The molecule has 2 fully saturated rings. The standard InChI is InChI=1S/C24H37N3O/c1-2-3-5-10-21(17-20-8-6-4-7-9-20)18-25-22-13-15-27(16-14-22)19-24(28)26-23-11-12-23/h4,6-9,17,22-23,25H,2-3,5,10-16,18-19H2,1H3,(H,26,28). The SMILES string of the molecule is CCCCCC(=Cc1ccccc1)CNC1CCN(CC(=O)NC2CC2)CC1. The molecular formula is C24H37N3O. The van der Waals surface area contributed by atoms with Crippen LogP contribution in [0, 0.1) is 0 Å². The highest BCUT2D eigenvalue weighted by molar-refractivity contribution is 5.78. The van der Waals surface area contributed by atoms with Crippen LogP contribution in [0.3, 0.4) is 0 Å². The van der Waals surface area contributed by atoms with E-state index in [1.165, 1.54) is 36.8 Å². The van der Waals surface area contributed by atoms with E-state index in [1.54, 1.807) is 0 Å². The zero-order valence-corrected chi connectivity index (χ0v) is 17.5. The normalized spacial score (nSPS) is 19.0. The molecule has 2 N–H and O–H groups in total. The molecule has 2 aliphatic rings. The molecule has 154 valence electrons. The number of piperidine rings is 1. The van der Waals surface area contributed by atoms with Gasteiger partial charge in [0, 0.05) is 31.7 Å². The van der Waals surface area contributed by atoms with Crippen molar-refractivity contribution in [3.8, 4) is 0 Å². The molecule has 1 aliphatic heterocycles. The maximum absolute atomic E-state index is 12.0. The van der Waals surface area contributed by atoms with Crippen LogP contribution in [0.1, 0.15) is 63.9 Å². The number of nitrogens with one attached hydrogen (secondary N) is 2. The lowest BCUT2D eigenvalue weighted by Gasteiger charge is -2.32. The number of rotatable bonds is 11. The molecule has 1 aromatic carbocycles. The highest BCUT2D eigenvalue weighted by Gasteiger charge is 2.25. The van der Waals surface area contributed by atoms with Crippen molar-refractivity contribution in [1.29, 1.82) is 0 Å². The van der Waals surface area contributed by atoms with Crippen molar-refractivity contribution >= 4 is 12.0 Å². The van der Waals surface area contributed by atoms with Gasteiger partial charge >= 0.3 is 0 Å². The second-order valence-corrected chi connectivity index (χ2v) is 8.44. The first-order chi connectivity index (χ1) is 13.7. The molecule has 3 rings (SSSR count). The van der Waals surface area contributed by atoms with Gasteiger partial charge in [-0.1, -0.05) is 61.7 Å². The quantitative estimate of drug-likeness (QED) is 0.568. The second-order valence-electron chi connectivity index (χ2n) is 8.44. The van der Waals surface area contributed by atoms with Crippen LogP contribution in [-0.4, -0.2) is 49.1 Å². The lowest BCUT2D eigenvalue weighted by atomic mass is 10.0. The van der Waals surface area contributed by atoms with Crippen molar-refractivity contribution in [3.05, 3.63) is 41.5 Å². The van der Waals surface area contributed by atoms with E-state index in [2.05, 4.69) is 58.9 Å². The van der Waals surface area contributed by atoms with Gasteiger partial charge in [0.1, 0.15) is 0 Å². The van der Waals surface area contributed by atoms with Crippen molar-refractivity contribution in [2.24, 2.45) is 0 Å². The first-order valence-electron chi connectivity index (χ1n) is 11.2. The van der Waals surface area contributed by atoms with E-state index in [0.29, 0.717) is 18.6 Å². The molecule has 0 aromatic heterocycles. The number of hydrogen-bond donors (Lipinski definition) is 2. The van der Waals surface area contributed by atoms with Crippen molar-refractivity contribution in [3.63, 3.8) is 0 Å². The van der Waals surface area contributed by atoms with Gasteiger partial charge in [0.2, 0.25) is 5.91 Å². The fourth-order valence-corrected chi connectivity index (χ4v) is 3.87. The minimum Gasteiger partial charge on any atom is -0.352 e.